The second-order valence-corrected chi connectivity index (χ2v) is 6.42. The van der Waals surface area contributed by atoms with E-state index in [0.29, 0.717) is 0 Å². The van der Waals surface area contributed by atoms with Crippen molar-refractivity contribution in [2.45, 2.75) is 10.9 Å². The van der Waals surface area contributed by atoms with Gasteiger partial charge in [0, 0.05) is 11.6 Å². The molecule has 0 unspecified atom stereocenters. The van der Waals surface area contributed by atoms with Crippen molar-refractivity contribution in [1.82, 2.24) is 15.0 Å². The lowest BCUT2D eigenvalue weighted by Crippen LogP contribution is -1.79. The second-order valence-electron chi connectivity index (χ2n) is 4.47. The first-order valence-electron chi connectivity index (χ1n) is 6.28. The van der Waals surface area contributed by atoms with Gasteiger partial charge in [0.15, 0.2) is 5.16 Å². The van der Waals surface area contributed by atoms with E-state index in [9.17, 15) is 0 Å². The fourth-order valence-electron chi connectivity index (χ4n) is 2.20. The predicted octanol–water partition coefficient (Wildman–Crippen LogP) is 4.46. The van der Waals surface area contributed by atoms with Gasteiger partial charge in [-0.2, -0.15) is 0 Å². The van der Waals surface area contributed by atoms with Crippen molar-refractivity contribution in [3.05, 3.63) is 53.0 Å². The van der Waals surface area contributed by atoms with Gasteiger partial charge in [0.1, 0.15) is 5.01 Å². The molecule has 0 radical (unpaired) electrons. The molecule has 0 aliphatic rings. The van der Waals surface area contributed by atoms with Crippen molar-refractivity contribution < 1.29 is 0 Å². The van der Waals surface area contributed by atoms with Crippen LogP contribution in [0.3, 0.4) is 0 Å². The molecular weight excluding hydrogens is 286 g/mol. The van der Waals surface area contributed by atoms with Gasteiger partial charge in [-0.15, -0.1) is 11.3 Å². The number of thioether (sulfide) groups is 1. The average Bonchev–Trinajstić information content (AvgIpc) is 3.11. The summed E-state index contributed by atoms with van der Waals surface area (Å²) in [5, 5.41) is 6.54. The number of imidazole rings is 1. The third kappa shape index (κ3) is 2.19. The summed E-state index contributed by atoms with van der Waals surface area (Å²) in [5.41, 5.74) is 2.11. The van der Waals surface area contributed by atoms with Crippen LogP contribution in [0.4, 0.5) is 0 Å². The Morgan fingerprint density at radius 2 is 2.00 bits per heavy atom. The normalized spacial score (nSPS) is 11.4. The highest BCUT2D eigenvalue weighted by Gasteiger charge is 2.06. The quantitative estimate of drug-likeness (QED) is 0.567. The number of aromatic amines is 1. The fraction of sp³-hybridized carbons (Fsp3) is 0.0667. The van der Waals surface area contributed by atoms with Gasteiger partial charge in [0.05, 0.1) is 16.8 Å². The van der Waals surface area contributed by atoms with Gasteiger partial charge in [-0.1, -0.05) is 36.0 Å². The first-order chi connectivity index (χ1) is 9.88. The van der Waals surface area contributed by atoms with E-state index in [1.54, 1.807) is 23.1 Å². The van der Waals surface area contributed by atoms with Crippen LogP contribution in [0, 0.1) is 0 Å². The van der Waals surface area contributed by atoms with Crippen molar-refractivity contribution in [1.29, 1.82) is 0 Å². The number of fused-ring (bicyclic) bond motifs is 2. The number of hydrogen-bond acceptors (Lipinski definition) is 4. The molecule has 0 amide bonds. The number of rotatable bonds is 3. The van der Waals surface area contributed by atoms with Crippen LogP contribution >= 0.6 is 23.1 Å². The molecule has 98 valence electrons. The minimum absolute atomic E-state index is 0.858. The maximum absolute atomic E-state index is 4.65. The third-order valence-electron chi connectivity index (χ3n) is 3.14. The van der Waals surface area contributed by atoms with E-state index in [-0.39, 0.29) is 0 Å². The highest BCUT2D eigenvalue weighted by Crippen LogP contribution is 2.26. The summed E-state index contributed by atoms with van der Waals surface area (Å²) in [6.45, 7) is 0. The first kappa shape index (κ1) is 11.9. The molecule has 0 atom stereocenters. The molecule has 20 heavy (non-hydrogen) atoms. The summed E-state index contributed by atoms with van der Waals surface area (Å²) in [6, 6.07) is 12.6. The van der Waals surface area contributed by atoms with E-state index >= 15 is 0 Å². The molecule has 1 N–H and O–H groups in total. The molecule has 0 spiro atoms. The molecule has 4 rings (SSSR count). The number of hydrogen-bond donors (Lipinski definition) is 1. The molecule has 0 bridgehead atoms. The van der Waals surface area contributed by atoms with Gasteiger partial charge < -0.3 is 4.98 Å². The van der Waals surface area contributed by atoms with E-state index in [2.05, 4.69) is 51.4 Å². The summed E-state index contributed by atoms with van der Waals surface area (Å²) in [4.78, 5) is 12.3. The van der Waals surface area contributed by atoms with Gasteiger partial charge in [-0.25, -0.2) is 9.97 Å². The molecular formula is C15H11N3S2. The van der Waals surface area contributed by atoms with Gasteiger partial charge in [0.25, 0.3) is 0 Å². The van der Waals surface area contributed by atoms with E-state index in [1.165, 1.54) is 10.8 Å². The number of H-pyrrole nitrogens is 1. The molecule has 2 aromatic heterocycles. The van der Waals surface area contributed by atoms with Crippen LogP contribution < -0.4 is 0 Å². The van der Waals surface area contributed by atoms with Crippen molar-refractivity contribution in [3.63, 3.8) is 0 Å². The van der Waals surface area contributed by atoms with E-state index in [1.807, 2.05) is 11.6 Å². The zero-order valence-electron chi connectivity index (χ0n) is 10.5. The van der Waals surface area contributed by atoms with Gasteiger partial charge in [-0.05, 0) is 22.9 Å². The van der Waals surface area contributed by atoms with Gasteiger partial charge in [-0.3, -0.25) is 0 Å². The van der Waals surface area contributed by atoms with Crippen molar-refractivity contribution in [2.75, 3.05) is 0 Å². The Hall–Kier alpha value is -1.85. The minimum atomic E-state index is 0.858. The molecule has 4 aromatic rings. The lowest BCUT2D eigenvalue weighted by molar-refractivity contribution is 1.08. The molecule has 0 saturated heterocycles. The monoisotopic (exact) mass is 297 g/mol. The molecule has 0 fully saturated rings. The zero-order valence-corrected chi connectivity index (χ0v) is 12.2. The largest absolute Gasteiger partial charge is 0.333 e. The molecule has 0 aliphatic heterocycles. The van der Waals surface area contributed by atoms with Crippen molar-refractivity contribution >= 4 is 44.9 Å². The Morgan fingerprint density at radius 1 is 1.15 bits per heavy atom. The van der Waals surface area contributed by atoms with E-state index < -0.39 is 0 Å². The SMILES string of the molecule is c1ccc2cc3[nH]c(SCc4nccs4)nc3cc2c1. The lowest BCUT2D eigenvalue weighted by Gasteiger charge is -1.95. The maximum atomic E-state index is 4.65. The summed E-state index contributed by atoms with van der Waals surface area (Å²) < 4.78 is 0. The standard InChI is InChI=1S/C15H11N3S2/c1-2-4-11-8-13-12(7-10(11)3-1)17-15(18-13)20-9-14-16-5-6-19-14/h1-8H,9H2,(H,17,18). The second kappa shape index (κ2) is 4.92. The Kier molecular flexibility index (Phi) is 2.94. The number of nitrogens with zero attached hydrogens (tertiary/aromatic N) is 2. The highest BCUT2D eigenvalue weighted by atomic mass is 32.2. The van der Waals surface area contributed by atoms with Crippen molar-refractivity contribution in [2.24, 2.45) is 0 Å². The Bertz CT molecular complexity index is 813. The summed E-state index contributed by atoms with van der Waals surface area (Å²) in [7, 11) is 0. The first-order valence-corrected chi connectivity index (χ1v) is 8.15. The number of thiazole rings is 1. The van der Waals surface area contributed by atoms with Crippen LogP contribution in [-0.2, 0) is 5.75 Å². The molecule has 0 aliphatic carbocycles. The van der Waals surface area contributed by atoms with Crippen LogP contribution in [0.15, 0.2) is 53.1 Å². The smallest absolute Gasteiger partial charge is 0.166 e. The summed E-state index contributed by atoms with van der Waals surface area (Å²) >= 11 is 3.37. The van der Waals surface area contributed by atoms with Crippen LogP contribution in [0.25, 0.3) is 21.8 Å². The summed E-state index contributed by atoms with van der Waals surface area (Å²) in [6.07, 6.45) is 1.84. The Labute approximate surface area is 124 Å². The molecule has 2 heterocycles. The molecule has 3 nitrogen and oxygen atoms in total. The number of aromatic nitrogens is 3. The molecule has 0 saturated carbocycles. The third-order valence-corrected chi connectivity index (χ3v) is 4.99. The van der Waals surface area contributed by atoms with Gasteiger partial charge >= 0.3 is 0 Å². The molecule has 2 aromatic carbocycles. The number of nitrogens with one attached hydrogen (secondary N) is 1. The lowest BCUT2D eigenvalue weighted by atomic mass is 10.1. The van der Waals surface area contributed by atoms with Crippen molar-refractivity contribution in [3.8, 4) is 0 Å². The van der Waals surface area contributed by atoms with E-state index in [4.69, 9.17) is 0 Å². The predicted molar refractivity (Wildman–Crippen MR) is 85.3 cm³/mol. The minimum Gasteiger partial charge on any atom is -0.333 e. The van der Waals surface area contributed by atoms with Gasteiger partial charge in [0.2, 0.25) is 0 Å². The number of benzene rings is 2. The maximum Gasteiger partial charge on any atom is 0.166 e. The summed E-state index contributed by atoms with van der Waals surface area (Å²) in [5.74, 6) is 0.858. The van der Waals surface area contributed by atoms with Crippen LogP contribution in [0.2, 0.25) is 0 Å². The molecule has 5 heteroatoms. The Balaban J connectivity index is 1.69. The van der Waals surface area contributed by atoms with Crippen LogP contribution in [0.1, 0.15) is 5.01 Å². The Morgan fingerprint density at radius 3 is 2.80 bits per heavy atom. The highest BCUT2D eigenvalue weighted by molar-refractivity contribution is 7.98. The fourth-order valence-corrected chi connectivity index (χ4v) is 3.73. The zero-order chi connectivity index (χ0) is 13.4. The van der Waals surface area contributed by atoms with Crippen LogP contribution in [-0.4, -0.2) is 15.0 Å². The van der Waals surface area contributed by atoms with E-state index in [0.717, 1.165) is 27.0 Å². The topological polar surface area (TPSA) is 41.6 Å². The van der Waals surface area contributed by atoms with Crippen LogP contribution in [0.5, 0.6) is 0 Å². The average molecular weight is 297 g/mol.